The third kappa shape index (κ3) is 4.61. The molecule has 1 N–H and O–H groups in total. The van der Waals surface area contributed by atoms with Gasteiger partial charge in [-0.05, 0) is 32.8 Å². The Balaban J connectivity index is 1.98. The van der Waals surface area contributed by atoms with Crippen molar-refractivity contribution < 1.29 is 9.53 Å². The minimum Gasteiger partial charge on any atom is -0.482 e. The summed E-state index contributed by atoms with van der Waals surface area (Å²) in [7, 11) is 1.78. The summed E-state index contributed by atoms with van der Waals surface area (Å²) in [6.45, 7) is 4.67. The average Bonchev–Trinajstić information content (AvgIpc) is 3.26. The number of benzene rings is 1. The van der Waals surface area contributed by atoms with Crippen molar-refractivity contribution in [2.24, 2.45) is 0 Å². The van der Waals surface area contributed by atoms with E-state index in [1.54, 1.807) is 18.0 Å². The summed E-state index contributed by atoms with van der Waals surface area (Å²) in [4.78, 5) is 13.7. The molecule has 1 aliphatic rings. The second-order valence-corrected chi connectivity index (χ2v) is 6.18. The van der Waals surface area contributed by atoms with Gasteiger partial charge in [0.1, 0.15) is 5.75 Å². The predicted octanol–water partition coefficient (Wildman–Crippen LogP) is 2.84. The third-order valence-corrected chi connectivity index (χ3v) is 4.01. The van der Waals surface area contributed by atoms with Crippen LogP contribution in [-0.4, -0.2) is 36.5 Å². The molecule has 116 valence electrons. The monoisotopic (exact) mass is 310 g/mol. The molecule has 0 spiro atoms. The van der Waals surface area contributed by atoms with Crippen LogP contribution in [0.25, 0.3) is 0 Å². The maximum absolute atomic E-state index is 12.0. The van der Waals surface area contributed by atoms with E-state index in [2.05, 4.69) is 5.32 Å². The summed E-state index contributed by atoms with van der Waals surface area (Å²) < 4.78 is 5.69. The van der Waals surface area contributed by atoms with Crippen LogP contribution >= 0.6 is 11.6 Å². The molecule has 0 heterocycles. The van der Waals surface area contributed by atoms with E-state index in [-0.39, 0.29) is 18.6 Å². The molecule has 1 fully saturated rings. The highest BCUT2D eigenvalue weighted by Gasteiger charge is 2.21. The van der Waals surface area contributed by atoms with Gasteiger partial charge >= 0.3 is 0 Å². The summed E-state index contributed by atoms with van der Waals surface area (Å²) in [5.41, 5.74) is 0.995. The lowest BCUT2D eigenvalue weighted by Crippen LogP contribution is -2.36. The Labute approximate surface area is 131 Å². The second-order valence-electron chi connectivity index (χ2n) is 5.77. The van der Waals surface area contributed by atoms with Crippen molar-refractivity contribution in [3.63, 3.8) is 0 Å². The molecular weight excluding hydrogens is 288 g/mol. The summed E-state index contributed by atoms with van der Waals surface area (Å²) in [6, 6.07) is 6.44. The van der Waals surface area contributed by atoms with Crippen molar-refractivity contribution in [1.29, 1.82) is 0 Å². The molecule has 1 saturated carbocycles. The number of ether oxygens (including phenoxy) is 1. The number of hydrogen-bond donors (Lipinski definition) is 1. The van der Waals surface area contributed by atoms with Crippen LogP contribution in [0.2, 0.25) is 5.02 Å². The van der Waals surface area contributed by atoms with E-state index in [1.165, 1.54) is 12.8 Å². The molecule has 0 bridgehead atoms. The Morgan fingerprint density at radius 1 is 1.48 bits per heavy atom. The topological polar surface area (TPSA) is 41.6 Å². The van der Waals surface area contributed by atoms with Crippen LogP contribution in [0, 0.1) is 0 Å². The van der Waals surface area contributed by atoms with Crippen LogP contribution < -0.4 is 10.1 Å². The number of para-hydroxylation sites is 1. The number of nitrogens with one attached hydrogen (secondary N) is 1. The number of nitrogens with zero attached hydrogens (tertiary/aromatic N) is 1. The van der Waals surface area contributed by atoms with Crippen molar-refractivity contribution in [2.45, 2.75) is 45.3 Å². The molecule has 1 aromatic carbocycles. The lowest BCUT2D eigenvalue weighted by atomic mass is 10.2. The quantitative estimate of drug-likeness (QED) is 0.842. The minimum absolute atomic E-state index is 0.00877. The lowest BCUT2D eigenvalue weighted by molar-refractivity contribution is -0.133. The number of rotatable bonds is 7. The third-order valence-electron chi connectivity index (χ3n) is 3.72. The highest BCUT2D eigenvalue weighted by atomic mass is 35.5. The Morgan fingerprint density at radius 2 is 2.19 bits per heavy atom. The van der Waals surface area contributed by atoms with E-state index in [0.29, 0.717) is 16.8 Å². The molecule has 5 heteroatoms. The summed E-state index contributed by atoms with van der Waals surface area (Å²) in [5.74, 6) is 0.559. The lowest BCUT2D eigenvalue weighted by Gasteiger charge is -2.22. The zero-order valence-electron chi connectivity index (χ0n) is 12.9. The van der Waals surface area contributed by atoms with E-state index in [9.17, 15) is 4.79 Å². The molecule has 0 atom stereocenters. The molecule has 0 aliphatic heterocycles. The van der Waals surface area contributed by atoms with Gasteiger partial charge in [0.2, 0.25) is 0 Å². The fourth-order valence-corrected chi connectivity index (χ4v) is 2.17. The van der Waals surface area contributed by atoms with Crippen LogP contribution in [0.5, 0.6) is 5.75 Å². The maximum atomic E-state index is 12.0. The van der Waals surface area contributed by atoms with Gasteiger partial charge in [-0.3, -0.25) is 4.79 Å². The second kappa shape index (κ2) is 7.14. The molecule has 2 rings (SSSR count). The maximum Gasteiger partial charge on any atom is 0.260 e. The molecule has 0 aromatic heterocycles. The number of carbonyl (C=O) groups excluding carboxylic acids is 1. The summed E-state index contributed by atoms with van der Waals surface area (Å²) in [5, 5.41) is 3.98. The van der Waals surface area contributed by atoms with E-state index in [1.807, 2.05) is 26.0 Å². The minimum atomic E-state index is -0.0500. The van der Waals surface area contributed by atoms with Crippen molar-refractivity contribution >= 4 is 17.5 Å². The molecule has 0 radical (unpaired) electrons. The summed E-state index contributed by atoms with van der Waals surface area (Å²) >= 11 is 6.21. The molecule has 4 nitrogen and oxygen atoms in total. The molecule has 0 unspecified atom stereocenters. The molecule has 1 aromatic rings. The zero-order valence-corrected chi connectivity index (χ0v) is 13.6. The predicted molar refractivity (Wildman–Crippen MR) is 84.7 cm³/mol. The summed E-state index contributed by atoms with van der Waals surface area (Å²) in [6.07, 6.45) is 2.46. The number of likely N-dealkylation sites (N-methyl/N-ethyl adjacent to an activating group) is 1. The van der Waals surface area contributed by atoms with Crippen molar-refractivity contribution in [1.82, 2.24) is 10.2 Å². The molecule has 0 saturated heterocycles. The van der Waals surface area contributed by atoms with Crippen LogP contribution in [0.15, 0.2) is 18.2 Å². The highest BCUT2D eigenvalue weighted by molar-refractivity contribution is 6.32. The van der Waals surface area contributed by atoms with Gasteiger partial charge in [-0.1, -0.05) is 23.7 Å². The average molecular weight is 311 g/mol. The number of carbonyl (C=O) groups is 1. The van der Waals surface area contributed by atoms with Crippen LogP contribution in [0.4, 0.5) is 0 Å². The number of hydrogen-bond acceptors (Lipinski definition) is 3. The van der Waals surface area contributed by atoms with Crippen LogP contribution in [-0.2, 0) is 11.3 Å². The van der Waals surface area contributed by atoms with Gasteiger partial charge in [-0.15, -0.1) is 0 Å². The van der Waals surface area contributed by atoms with Crippen molar-refractivity contribution in [3.8, 4) is 5.75 Å². The fraction of sp³-hybridized carbons (Fsp3) is 0.562. The largest absolute Gasteiger partial charge is 0.482 e. The number of amides is 1. The van der Waals surface area contributed by atoms with Crippen molar-refractivity contribution in [3.05, 3.63) is 28.8 Å². The molecule has 1 aliphatic carbocycles. The van der Waals surface area contributed by atoms with Gasteiger partial charge in [-0.2, -0.15) is 0 Å². The van der Waals surface area contributed by atoms with Gasteiger partial charge < -0.3 is 15.0 Å². The van der Waals surface area contributed by atoms with Crippen LogP contribution in [0.3, 0.4) is 0 Å². The van der Waals surface area contributed by atoms with E-state index in [4.69, 9.17) is 16.3 Å². The van der Waals surface area contributed by atoms with Gasteiger partial charge in [-0.25, -0.2) is 0 Å². The number of halogens is 1. The first-order valence-electron chi connectivity index (χ1n) is 7.38. The highest BCUT2D eigenvalue weighted by Crippen LogP contribution is 2.29. The van der Waals surface area contributed by atoms with Gasteiger partial charge in [0.25, 0.3) is 5.91 Å². The van der Waals surface area contributed by atoms with E-state index < -0.39 is 0 Å². The van der Waals surface area contributed by atoms with Gasteiger partial charge in [0, 0.05) is 31.2 Å². The Morgan fingerprint density at radius 3 is 2.81 bits per heavy atom. The first kappa shape index (κ1) is 16.1. The Bertz CT molecular complexity index is 501. The Hall–Kier alpha value is -1.26. The fourth-order valence-electron chi connectivity index (χ4n) is 1.92. The van der Waals surface area contributed by atoms with Gasteiger partial charge in [0.15, 0.2) is 6.61 Å². The van der Waals surface area contributed by atoms with Crippen LogP contribution in [0.1, 0.15) is 32.3 Å². The standard InChI is InChI=1S/C16H23ClN2O2/c1-11(2)19(3)15(20)10-21-16-12(5-4-6-14(16)17)9-18-13-7-8-13/h4-6,11,13,18H,7-10H2,1-3H3. The molecule has 21 heavy (non-hydrogen) atoms. The molecule has 1 amide bonds. The van der Waals surface area contributed by atoms with Crippen molar-refractivity contribution in [2.75, 3.05) is 13.7 Å². The smallest absolute Gasteiger partial charge is 0.260 e. The first-order valence-corrected chi connectivity index (χ1v) is 7.76. The van der Waals surface area contributed by atoms with Gasteiger partial charge in [0.05, 0.1) is 5.02 Å². The SMILES string of the molecule is CC(C)N(C)C(=O)COc1c(Cl)cccc1CNC1CC1. The van der Waals surface area contributed by atoms with E-state index >= 15 is 0 Å². The normalized spacial score (nSPS) is 14.3. The van der Waals surface area contributed by atoms with E-state index in [0.717, 1.165) is 12.1 Å². The Kier molecular flexibility index (Phi) is 5.48. The zero-order chi connectivity index (χ0) is 15.4. The molecular formula is C16H23ClN2O2. The first-order chi connectivity index (χ1) is 9.99.